The zero-order valence-corrected chi connectivity index (χ0v) is 12.3. The normalized spacial score (nSPS) is 12.2. The van der Waals surface area contributed by atoms with Crippen LogP contribution in [0, 0.1) is 5.82 Å². The highest BCUT2D eigenvalue weighted by Gasteiger charge is 2.20. The van der Waals surface area contributed by atoms with Gasteiger partial charge in [0.05, 0.1) is 23.9 Å². The number of alkyl halides is 1. The van der Waals surface area contributed by atoms with Gasteiger partial charge in [0.15, 0.2) is 0 Å². The van der Waals surface area contributed by atoms with E-state index in [1.165, 1.54) is 12.1 Å². The summed E-state index contributed by atoms with van der Waals surface area (Å²) in [5.41, 5.74) is 0.748. The lowest BCUT2D eigenvalue weighted by Crippen LogP contribution is -1.98. The van der Waals surface area contributed by atoms with E-state index in [0.717, 1.165) is 16.2 Å². The van der Waals surface area contributed by atoms with Crippen LogP contribution in [0.3, 0.4) is 0 Å². The number of rotatable bonds is 4. The van der Waals surface area contributed by atoms with Gasteiger partial charge < -0.3 is 9.47 Å². The summed E-state index contributed by atoms with van der Waals surface area (Å²) in [5.74, 6) is 1.15. The molecular formula is C13H12BrFO2S. The molecule has 1 aromatic carbocycles. The van der Waals surface area contributed by atoms with Gasteiger partial charge in [0.2, 0.25) is 0 Å². The lowest BCUT2D eigenvalue weighted by molar-refractivity contribution is 0.406. The van der Waals surface area contributed by atoms with Crippen LogP contribution >= 0.6 is 27.3 Å². The molecule has 2 rings (SSSR count). The van der Waals surface area contributed by atoms with Crippen molar-refractivity contribution in [2.24, 2.45) is 0 Å². The zero-order valence-electron chi connectivity index (χ0n) is 9.94. The molecule has 0 bridgehead atoms. The predicted octanol–water partition coefficient (Wildman–Crippen LogP) is 4.39. The van der Waals surface area contributed by atoms with Gasteiger partial charge in [-0.3, -0.25) is 0 Å². The molecule has 0 saturated heterocycles. The van der Waals surface area contributed by atoms with Gasteiger partial charge in [0.1, 0.15) is 17.3 Å². The SMILES string of the molecule is COc1ccc(F)cc1C(Br)c1sccc1OC. The molecular weight excluding hydrogens is 319 g/mol. The van der Waals surface area contributed by atoms with E-state index in [9.17, 15) is 4.39 Å². The molecule has 1 aromatic heterocycles. The molecule has 0 aliphatic heterocycles. The van der Waals surface area contributed by atoms with Crippen molar-refractivity contribution in [2.75, 3.05) is 14.2 Å². The third-order valence-electron chi connectivity index (χ3n) is 2.57. The van der Waals surface area contributed by atoms with Gasteiger partial charge in [-0.2, -0.15) is 0 Å². The third-order valence-corrected chi connectivity index (χ3v) is 4.79. The van der Waals surface area contributed by atoms with Crippen LogP contribution in [0.15, 0.2) is 29.6 Å². The summed E-state index contributed by atoms with van der Waals surface area (Å²) in [6, 6.07) is 6.37. The number of hydrogen-bond donors (Lipinski definition) is 0. The fourth-order valence-electron chi connectivity index (χ4n) is 1.71. The summed E-state index contributed by atoms with van der Waals surface area (Å²) in [7, 11) is 3.19. The second-order valence-corrected chi connectivity index (χ2v) is 5.47. The van der Waals surface area contributed by atoms with Crippen molar-refractivity contribution < 1.29 is 13.9 Å². The van der Waals surface area contributed by atoms with E-state index in [1.807, 2.05) is 11.4 Å². The Morgan fingerprint density at radius 3 is 2.56 bits per heavy atom. The van der Waals surface area contributed by atoms with Crippen molar-refractivity contribution >= 4 is 27.3 Å². The molecule has 1 unspecified atom stereocenters. The minimum absolute atomic E-state index is 0.155. The van der Waals surface area contributed by atoms with Crippen LogP contribution < -0.4 is 9.47 Å². The second-order valence-electron chi connectivity index (χ2n) is 3.60. The number of halogens is 2. The number of thiophene rings is 1. The van der Waals surface area contributed by atoms with E-state index < -0.39 is 0 Å². The van der Waals surface area contributed by atoms with Gasteiger partial charge >= 0.3 is 0 Å². The molecule has 0 aliphatic carbocycles. The molecule has 2 aromatic rings. The van der Waals surface area contributed by atoms with Crippen molar-refractivity contribution in [2.45, 2.75) is 4.83 Å². The zero-order chi connectivity index (χ0) is 13.1. The Morgan fingerprint density at radius 2 is 1.89 bits per heavy atom. The first-order valence-electron chi connectivity index (χ1n) is 5.26. The molecule has 0 amide bonds. The van der Waals surface area contributed by atoms with Gasteiger partial charge in [-0.25, -0.2) is 4.39 Å². The monoisotopic (exact) mass is 330 g/mol. The van der Waals surface area contributed by atoms with E-state index >= 15 is 0 Å². The number of benzene rings is 1. The van der Waals surface area contributed by atoms with Gasteiger partial charge in [0, 0.05) is 5.56 Å². The molecule has 0 saturated carbocycles. The molecule has 96 valence electrons. The lowest BCUT2D eigenvalue weighted by atomic mass is 10.1. The fraction of sp³-hybridized carbons (Fsp3) is 0.231. The minimum Gasteiger partial charge on any atom is -0.496 e. The first kappa shape index (κ1) is 13.4. The fourth-order valence-corrected chi connectivity index (χ4v) is 3.47. The second kappa shape index (κ2) is 5.71. The number of methoxy groups -OCH3 is 2. The summed E-state index contributed by atoms with van der Waals surface area (Å²) >= 11 is 5.13. The van der Waals surface area contributed by atoms with Crippen LogP contribution in [0.5, 0.6) is 11.5 Å². The highest BCUT2D eigenvalue weighted by atomic mass is 79.9. The van der Waals surface area contributed by atoms with E-state index in [-0.39, 0.29) is 10.6 Å². The van der Waals surface area contributed by atoms with Crippen molar-refractivity contribution in [3.8, 4) is 11.5 Å². The lowest BCUT2D eigenvalue weighted by Gasteiger charge is -2.14. The summed E-state index contributed by atoms with van der Waals surface area (Å²) in [6.07, 6.45) is 0. The Bertz CT molecular complexity index is 542. The average molecular weight is 331 g/mol. The maximum atomic E-state index is 13.4. The van der Waals surface area contributed by atoms with Gasteiger partial charge in [-0.15, -0.1) is 11.3 Å². The molecule has 1 atom stereocenters. The molecule has 5 heteroatoms. The topological polar surface area (TPSA) is 18.5 Å². The van der Waals surface area contributed by atoms with Gasteiger partial charge in [-0.1, -0.05) is 15.9 Å². The van der Waals surface area contributed by atoms with Crippen LogP contribution in [-0.4, -0.2) is 14.2 Å². The number of hydrogen-bond acceptors (Lipinski definition) is 3. The maximum absolute atomic E-state index is 13.4. The van der Waals surface area contributed by atoms with E-state index in [1.54, 1.807) is 31.6 Å². The summed E-state index contributed by atoms with van der Waals surface area (Å²) in [4.78, 5) is 0.833. The van der Waals surface area contributed by atoms with Crippen molar-refractivity contribution in [3.05, 3.63) is 45.9 Å². The Balaban J connectivity index is 2.45. The molecule has 0 aliphatic rings. The van der Waals surface area contributed by atoms with Crippen LogP contribution in [0.1, 0.15) is 15.3 Å². The summed E-state index contributed by atoms with van der Waals surface area (Å²) < 4.78 is 23.9. The highest BCUT2D eigenvalue weighted by molar-refractivity contribution is 9.09. The molecule has 0 radical (unpaired) electrons. The standard InChI is InChI=1S/C13H12BrFO2S/c1-16-10-4-3-8(15)7-9(10)12(14)13-11(17-2)5-6-18-13/h3-7,12H,1-2H3. The van der Waals surface area contributed by atoms with Crippen molar-refractivity contribution in [1.29, 1.82) is 0 Å². The van der Waals surface area contributed by atoms with Crippen molar-refractivity contribution in [3.63, 3.8) is 0 Å². The minimum atomic E-state index is -0.286. The van der Waals surface area contributed by atoms with E-state index in [4.69, 9.17) is 9.47 Å². The van der Waals surface area contributed by atoms with Crippen LogP contribution in [0.25, 0.3) is 0 Å². The molecule has 18 heavy (non-hydrogen) atoms. The van der Waals surface area contributed by atoms with Crippen LogP contribution in [-0.2, 0) is 0 Å². The maximum Gasteiger partial charge on any atom is 0.134 e. The van der Waals surface area contributed by atoms with E-state index in [0.29, 0.717) is 5.75 Å². The summed E-state index contributed by atoms with van der Waals surface area (Å²) in [6.45, 7) is 0. The average Bonchev–Trinajstić information content (AvgIpc) is 2.86. The number of ether oxygens (including phenoxy) is 2. The highest BCUT2D eigenvalue weighted by Crippen LogP contribution is 2.43. The molecule has 0 spiro atoms. The molecule has 0 fully saturated rings. The van der Waals surface area contributed by atoms with Gasteiger partial charge in [-0.05, 0) is 29.6 Å². The van der Waals surface area contributed by atoms with E-state index in [2.05, 4.69) is 15.9 Å². The quantitative estimate of drug-likeness (QED) is 0.774. The Labute approximate surface area is 117 Å². The first-order valence-corrected chi connectivity index (χ1v) is 7.05. The Morgan fingerprint density at radius 1 is 1.17 bits per heavy atom. The molecule has 2 nitrogen and oxygen atoms in total. The smallest absolute Gasteiger partial charge is 0.134 e. The Hall–Kier alpha value is -1.07. The summed E-state index contributed by atoms with van der Waals surface area (Å²) in [5, 5.41) is 1.94. The predicted molar refractivity (Wildman–Crippen MR) is 74.6 cm³/mol. The Kier molecular flexibility index (Phi) is 4.24. The largest absolute Gasteiger partial charge is 0.496 e. The first-order chi connectivity index (χ1) is 8.67. The van der Waals surface area contributed by atoms with Gasteiger partial charge in [0.25, 0.3) is 0 Å². The van der Waals surface area contributed by atoms with Crippen LogP contribution in [0.2, 0.25) is 0 Å². The van der Waals surface area contributed by atoms with Crippen LogP contribution in [0.4, 0.5) is 4.39 Å². The molecule has 1 heterocycles. The van der Waals surface area contributed by atoms with Crippen molar-refractivity contribution in [1.82, 2.24) is 0 Å². The molecule has 0 N–H and O–H groups in total. The third kappa shape index (κ3) is 2.52.